The Morgan fingerprint density at radius 3 is 2.52 bits per heavy atom. The first-order chi connectivity index (χ1) is 15.9. The summed E-state index contributed by atoms with van der Waals surface area (Å²) in [7, 11) is 1.70. The number of aromatic nitrogens is 2. The lowest BCUT2D eigenvalue weighted by atomic mass is 10.1. The van der Waals surface area contributed by atoms with Gasteiger partial charge in [-0.2, -0.15) is 0 Å². The number of anilines is 1. The molecular formula is C26H24N4O3. The minimum Gasteiger partial charge on any atom is -0.337 e. The van der Waals surface area contributed by atoms with Gasteiger partial charge in [-0.25, -0.2) is 4.98 Å². The van der Waals surface area contributed by atoms with Crippen LogP contribution in [0.1, 0.15) is 28.9 Å². The van der Waals surface area contributed by atoms with E-state index in [0.717, 1.165) is 5.56 Å². The van der Waals surface area contributed by atoms with E-state index in [2.05, 4.69) is 10.3 Å². The first-order valence-corrected chi connectivity index (χ1v) is 10.6. The highest BCUT2D eigenvalue weighted by Gasteiger charge is 2.19. The average Bonchev–Trinajstić information content (AvgIpc) is 2.85. The molecule has 1 heterocycles. The van der Waals surface area contributed by atoms with E-state index in [1.54, 1.807) is 48.3 Å². The molecule has 0 aliphatic carbocycles. The van der Waals surface area contributed by atoms with Crippen molar-refractivity contribution in [2.24, 2.45) is 0 Å². The van der Waals surface area contributed by atoms with Crippen molar-refractivity contribution in [3.8, 4) is 0 Å². The van der Waals surface area contributed by atoms with Crippen LogP contribution in [0.2, 0.25) is 0 Å². The standard InChI is InChI=1S/C26H24N4O3/c1-18(20-11-8-12-21(15-20)28-25(32)19-9-4-3-5-10-19)29(2)24(31)16-30-17-27-23-14-7-6-13-22(23)26(30)33/h3-15,17-18H,16H2,1-2H3,(H,28,32). The molecule has 33 heavy (non-hydrogen) atoms. The lowest BCUT2D eigenvalue weighted by Crippen LogP contribution is -2.35. The number of rotatable bonds is 6. The number of likely N-dealkylation sites (N-methyl/N-ethyl adjacent to an activating group) is 1. The highest BCUT2D eigenvalue weighted by Crippen LogP contribution is 2.22. The number of hydrogen-bond donors (Lipinski definition) is 1. The number of para-hydroxylation sites is 1. The summed E-state index contributed by atoms with van der Waals surface area (Å²) in [6.07, 6.45) is 1.40. The summed E-state index contributed by atoms with van der Waals surface area (Å²) in [6.45, 7) is 1.79. The van der Waals surface area contributed by atoms with E-state index in [4.69, 9.17) is 0 Å². The van der Waals surface area contributed by atoms with Crippen molar-refractivity contribution in [1.82, 2.24) is 14.5 Å². The number of carbonyl (C=O) groups excluding carboxylic acids is 2. The van der Waals surface area contributed by atoms with Crippen molar-refractivity contribution in [1.29, 1.82) is 0 Å². The smallest absolute Gasteiger partial charge is 0.261 e. The first kappa shape index (κ1) is 22.0. The SMILES string of the molecule is CC(c1cccc(NC(=O)c2ccccc2)c1)N(C)C(=O)Cn1cnc2ccccc2c1=O. The molecule has 0 radical (unpaired) electrons. The molecule has 0 aliphatic rings. The Morgan fingerprint density at radius 2 is 1.73 bits per heavy atom. The minimum absolute atomic E-state index is 0.109. The maximum atomic E-state index is 12.9. The molecule has 1 unspecified atom stereocenters. The highest BCUT2D eigenvalue weighted by molar-refractivity contribution is 6.04. The van der Waals surface area contributed by atoms with Crippen molar-refractivity contribution in [3.05, 3.63) is 107 Å². The van der Waals surface area contributed by atoms with Crippen LogP contribution >= 0.6 is 0 Å². The van der Waals surface area contributed by atoms with Gasteiger partial charge in [-0.1, -0.05) is 42.5 Å². The van der Waals surface area contributed by atoms with Crippen molar-refractivity contribution < 1.29 is 9.59 Å². The zero-order chi connectivity index (χ0) is 23.4. The second-order valence-corrected chi connectivity index (χ2v) is 7.82. The van der Waals surface area contributed by atoms with E-state index in [9.17, 15) is 14.4 Å². The number of amides is 2. The summed E-state index contributed by atoms with van der Waals surface area (Å²) in [5, 5.41) is 3.37. The molecule has 7 nitrogen and oxygen atoms in total. The van der Waals surface area contributed by atoms with E-state index in [1.165, 1.54) is 10.9 Å². The largest absolute Gasteiger partial charge is 0.337 e. The van der Waals surface area contributed by atoms with Gasteiger partial charge in [0.25, 0.3) is 11.5 Å². The Balaban J connectivity index is 1.47. The van der Waals surface area contributed by atoms with E-state index < -0.39 is 0 Å². The van der Waals surface area contributed by atoms with E-state index >= 15 is 0 Å². The van der Waals surface area contributed by atoms with Gasteiger partial charge < -0.3 is 10.2 Å². The summed E-state index contributed by atoms with van der Waals surface area (Å²) in [5.41, 5.74) is 2.42. The summed E-state index contributed by atoms with van der Waals surface area (Å²) in [5.74, 6) is -0.423. The van der Waals surface area contributed by atoms with Crippen molar-refractivity contribution in [2.45, 2.75) is 19.5 Å². The van der Waals surface area contributed by atoms with Gasteiger partial charge in [0, 0.05) is 18.3 Å². The molecule has 0 bridgehead atoms. The van der Waals surface area contributed by atoms with Crippen LogP contribution in [-0.4, -0.2) is 33.3 Å². The van der Waals surface area contributed by atoms with Crippen LogP contribution in [0.4, 0.5) is 5.69 Å². The van der Waals surface area contributed by atoms with Crippen LogP contribution < -0.4 is 10.9 Å². The summed E-state index contributed by atoms with van der Waals surface area (Å²) >= 11 is 0. The molecule has 3 aromatic carbocycles. The Labute approximate surface area is 191 Å². The average molecular weight is 441 g/mol. The van der Waals surface area contributed by atoms with E-state index in [1.807, 2.05) is 49.4 Å². The normalized spacial score (nSPS) is 11.7. The van der Waals surface area contributed by atoms with Crippen molar-refractivity contribution in [3.63, 3.8) is 0 Å². The number of fused-ring (bicyclic) bond motifs is 1. The molecule has 0 aliphatic heterocycles. The number of benzene rings is 3. The Kier molecular flexibility index (Phi) is 6.31. The molecule has 4 rings (SSSR count). The predicted octanol–water partition coefficient (Wildman–Crippen LogP) is 3.87. The molecule has 0 saturated carbocycles. The molecule has 1 atom stereocenters. The fourth-order valence-electron chi connectivity index (χ4n) is 3.58. The fraction of sp³-hybridized carbons (Fsp3) is 0.154. The summed E-state index contributed by atoms with van der Waals surface area (Å²) in [6, 6.07) is 23.1. The van der Waals surface area contributed by atoms with Gasteiger partial charge in [0.2, 0.25) is 5.91 Å². The second-order valence-electron chi connectivity index (χ2n) is 7.82. The zero-order valence-corrected chi connectivity index (χ0v) is 18.4. The Bertz CT molecular complexity index is 1360. The van der Waals surface area contributed by atoms with Crippen LogP contribution in [0.15, 0.2) is 90.0 Å². The molecule has 1 N–H and O–H groups in total. The maximum Gasteiger partial charge on any atom is 0.261 e. The molecule has 2 amide bonds. The molecule has 0 saturated heterocycles. The third-order valence-electron chi connectivity index (χ3n) is 5.67. The second kappa shape index (κ2) is 9.48. The minimum atomic E-state index is -0.268. The van der Waals surface area contributed by atoms with Crippen LogP contribution in [0.5, 0.6) is 0 Å². The molecule has 0 fully saturated rings. The monoisotopic (exact) mass is 440 g/mol. The number of carbonyl (C=O) groups is 2. The van der Waals surface area contributed by atoms with Crippen molar-refractivity contribution >= 4 is 28.4 Å². The van der Waals surface area contributed by atoms with Crippen molar-refractivity contribution in [2.75, 3.05) is 12.4 Å². The summed E-state index contributed by atoms with van der Waals surface area (Å²) < 4.78 is 1.32. The molecule has 0 spiro atoms. The topological polar surface area (TPSA) is 84.3 Å². The van der Waals surface area contributed by atoms with Gasteiger partial charge in [-0.15, -0.1) is 0 Å². The molecular weight excluding hydrogens is 416 g/mol. The van der Waals surface area contributed by atoms with Gasteiger partial charge in [0.15, 0.2) is 0 Å². The molecule has 166 valence electrons. The fourth-order valence-corrected chi connectivity index (χ4v) is 3.58. The Hall–Kier alpha value is -4.26. The van der Waals surface area contributed by atoms with Gasteiger partial charge in [0.1, 0.15) is 6.54 Å². The van der Waals surface area contributed by atoms with Gasteiger partial charge in [0.05, 0.1) is 23.3 Å². The van der Waals surface area contributed by atoms with E-state index in [-0.39, 0.29) is 30.0 Å². The van der Waals surface area contributed by atoms with Crippen LogP contribution in [-0.2, 0) is 11.3 Å². The predicted molar refractivity (Wildman–Crippen MR) is 128 cm³/mol. The maximum absolute atomic E-state index is 12.9. The number of nitrogens with one attached hydrogen (secondary N) is 1. The Morgan fingerprint density at radius 1 is 1.00 bits per heavy atom. The number of hydrogen-bond acceptors (Lipinski definition) is 4. The third kappa shape index (κ3) is 4.82. The van der Waals surface area contributed by atoms with Crippen LogP contribution in [0.25, 0.3) is 10.9 Å². The lowest BCUT2D eigenvalue weighted by molar-refractivity contribution is -0.132. The van der Waals surface area contributed by atoms with Crippen LogP contribution in [0.3, 0.4) is 0 Å². The highest BCUT2D eigenvalue weighted by atomic mass is 16.2. The lowest BCUT2D eigenvalue weighted by Gasteiger charge is -2.26. The van der Waals surface area contributed by atoms with E-state index in [0.29, 0.717) is 22.2 Å². The van der Waals surface area contributed by atoms with Gasteiger partial charge in [-0.05, 0) is 48.9 Å². The quantitative estimate of drug-likeness (QED) is 0.493. The third-order valence-corrected chi connectivity index (χ3v) is 5.67. The molecule has 4 aromatic rings. The first-order valence-electron chi connectivity index (χ1n) is 10.6. The van der Waals surface area contributed by atoms with Gasteiger partial charge in [-0.3, -0.25) is 19.0 Å². The number of nitrogens with zero attached hydrogens (tertiary/aromatic N) is 3. The molecule has 7 heteroatoms. The zero-order valence-electron chi connectivity index (χ0n) is 18.4. The van der Waals surface area contributed by atoms with Gasteiger partial charge >= 0.3 is 0 Å². The molecule has 1 aromatic heterocycles. The van der Waals surface area contributed by atoms with Crippen LogP contribution in [0, 0.1) is 0 Å². The summed E-state index contributed by atoms with van der Waals surface area (Å²) in [4.78, 5) is 43.9.